The second-order valence-corrected chi connectivity index (χ2v) is 5.49. The molecule has 23 heavy (non-hydrogen) atoms. The first-order valence-electron chi connectivity index (χ1n) is 7.35. The Kier molecular flexibility index (Phi) is 7.10. The van der Waals surface area contributed by atoms with E-state index in [0.29, 0.717) is 23.5 Å². The third kappa shape index (κ3) is 4.26. The molecule has 0 radical (unpaired) electrons. The number of halogens is 1. The van der Waals surface area contributed by atoms with E-state index >= 15 is 0 Å². The number of rotatable bonds is 4. The summed E-state index contributed by atoms with van der Waals surface area (Å²) in [6.45, 7) is 7.76. The summed E-state index contributed by atoms with van der Waals surface area (Å²) in [5, 5.41) is 19.2. The molecule has 124 valence electrons. The fourth-order valence-corrected chi connectivity index (χ4v) is 2.69. The number of benzene rings is 2. The van der Waals surface area contributed by atoms with E-state index in [1.165, 1.54) is 0 Å². The minimum atomic E-state index is -1.16. The van der Waals surface area contributed by atoms with Gasteiger partial charge in [0.25, 0.3) is 0 Å². The lowest BCUT2D eigenvalue weighted by Crippen LogP contribution is -2.06. The van der Waals surface area contributed by atoms with Gasteiger partial charge in [-0.1, -0.05) is 44.2 Å². The van der Waals surface area contributed by atoms with Gasteiger partial charge in [-0.25, -0.2) is 4.79 Å². The van der Waals surface area contributed by atoms with E-state index in [4.69, 9.17) is 4.74 Å². The smallest absolute Gasteiger partial charge is 0.339 e. The van der Waals surface area contributed by atoms with Gasteiger partial charge in [0.05, 0.1) is 0 Å². The quantitative estimate of drug-likeness (QED) is 0.776. The Morgan fingerprint density at radius 2 is 1.70 bits per heavy atom. The average Bonchev–Trinajstić information content (AvgIpc) is 2.56. The second kappa shape index (κ2) is 8.58. The highest BCUT2D eigenvalue weighted by Gasteiger charge is 2.23. The molecule has 0 aromatic heterocycles. The zero-order valence-corrected chi connectivity index (χ0v) is 15.3. The number of aromatic hydroxyl groups is 1. The van der Waals surface area contributed by atoms with Crippen LogP contribution in [0.1, 0.15) is 40.9 Å². The summed E-state index contributed by atoms with van der Waals surface area (Å²) < 4.78 is 6.01. The van der Waals surface area contributed by atoms with Gasteiger partial charge in [-0.3, -0.25) is 0 Å². The molecule has 0 aliphatic rings. The van der Waals surface area contributed by atoms with Gasteiger partial charge in [-0.2, -0.15) is 0 Å². The van der Waals surface area contributed by atoms with Crippen LogP contribution in [0.25, 0.3) is 0 Å². The van der Waals surface area contributed by atoms with Crippen molar-refractivity contribution in [3.05, 3.63) is 57.1 Å². The number of carboxylic acids is 1. The number of phenols is 1. The summed E-state index contributed by atoms with van der Waals surface area (Å²) >= 11 is 3.22. The lowest BCUT2D eigenvalue weighted by atomic mass is 10.0. The van der Waals surface area contributed by atoms with E-state index in [1.807, 2.05) is 44.2 Å². The molecule has 2 aromatic rings. The van der Waals surface area contributed by atoms with Crippen molar-refractivity contribution in [3.8, 4) is 11.5 Å². The Morgan fingerprint density at radius 1 is 1.13 bits per heavy atom. The minimum Gasteiger partial charge on any atom is -0.506 e. The van der Waals surface area contributed by atoms with Crippen molar-refractivity contribution < 1.29 is 19.7 Å². The molecule has 0 saturated heterocycles. The van der Waals surface area contributed by atoms with Crippen LogP contribution in [0, 0.1) is 13.8 Å². The van der Waals surface area contributed by atoms with Crippen molar-refractivity contribution in [2.75, 3.05) is 0 Å². The van der Waals surface area contributed by atoms with E-state index in [0.717, 1.165) is 5.56 Å². The molecule has 2 N–H and O–H groups in total. The van der Waals surface area contributed by atoms with Gasteiger partial charge in [0.2, 0.25) is 0 Å². The number of hydrogen-bond donors (Lipinski definition) is 2. The van der Waals surface area contributed by atoms with Crippen LogP contribution in [-0.2, 0) is 6.61 Å². The van der Waals surface area contributed by atoms with Crippen molar-refractivity contribution in [3.63, 3.8) is 0 Å². The van der Waals surface area contributed by atoms with Crippen LogP contribution in [0.15, 0.2) is 34.8 Å². The number of aromatic carboxylic acids is 1. The maximum Gasteiger partial charge on any atom is 0.339 e. The van der Waals surface area contributed by atoms with Crippen LogP contribution >= 0.6 is 15.9 Å². The fraction of sp³-hybridized carbons (Fsp3) is 0.278. The molecule has 2 rings (SSSR count). The predicted octanol–water partition coefficient (Wildman–Crippen LogP) is 5.07. The van der Waals surface area contributed by atoms with Crippen LogP contribution in [0.4, 0.5) is 0 Å². The Morgan fingerprint density at radius 3 is 2.22 bits per heavy atom. The highest BCUT2D eigenvalue weighted by Crippen LogP contribution is 2.42. The van der Waals surface area contributed by atoms with E-state index in [1.54, 1.807) is 13.8 Å². The summed E-state index contributed by atoms with van der Waals surface area (Å²) in [7, 11) is 0. The van der Waals surface area contributed by atoms with Crippen molar-refractivity contribution in [1.29, 1.82) is 0 Å². The summed E-state index contributed by atoms with van der Waals surface area (Å²) in [6, 6.07) is 9.61. The summed E-state index contributed by atoms with van der Waals surface area (Å²) in [5.41, 5.74) is 2.06. The summed E-state index contributed by atoms with van der Waals surface area (Å²) in [4.78, 5) is 11.2. The second-order valence-electron chi connectivity index (χ2n) is 4.70. The lowest BCUT2D eigenvalue weighted by Gasteiger charge is -2.17. The Hall–Kier alpha value is -2.01. The van der Waals surface area contributed by atoms with Crippen molar-refractivity contribution >= 4 is 21.9 Å². The van der Waals surface area contributed by atoms with Crippen molar-refractivity contribution in [1.82, 2.24) is 0 Å². The lowest BCUT2D eigenvalue weighted by molar-refractivity contribution is 0.0692. The highest BCUT2D eigenvalue weighted by atomic mass is 79.9. The molecule has 0 saturated carbocycles. The topological polar surface area (TPSA) is 66.8 Å². The molecular formula is C18H21BrO4. The maximum atomic E-state index is 11.2. The molecular weight excluding hydrogens is 360 g/mol. The molecule has 0 heterocycles. The molecule has 0 bridgehead atoms. The predicted molar refractivity (Wildman–Crippen MR) is 94.4 cm³/mol. The number of hydrogen-bond acceptors (Lipinski definition) is 3. The van der Waals surface area contributed by atoms with E-state index < -0.39 is 5.97 Å². The van der Waals surface area contributed by atoms with Gasteiger partial charge in [0.15, 0.2) is 0 Å². The minimum absolute atomic E-state index is 0.105. The molecule has 0 aliphatic heterocycles. The summed E-state index contributed by atoms with van der Waals surface area (Å²) in [5.74, 6) is -1.02. The molecule has 0 fully saturated rings. The van der Waals surface area contributed by atoms with Gasteiger partial charge in [-0.05, 0) is 46.5 Å². The zero-order valence-electron chi connectivity index (χ0n) is 13.7. The zero-order chi connectivity index (χ0) is 17.6. The van der Waals surface area contributed by atoms with Crippen LogP contribution in [0.3, 0.4) is 0 Å². The van der Waals surface area contributed by atoms with Crippen LogP contribution in [-0.4, -0.2) is 16.2 Å². The number of carbonyl (C=O) groups is 1. The molecule has 5 heteroatoms. The SMILES string of the molecule is CC.Cc1c(C)c(C(=O)O)c(O)c(Br)c1OCc1ccccc1. The summed E-state index contributed by atoms with van der Waals surface area (Å²) in [6.07, 6.45) is 0. The maximum absolute atomic E-state index is 11.2. The number of carboxylic acid groups (broad SMARTS) is 1. The molecule has 2 aromatic carbocycles. The van der Waals surface area contributed by atoms with E-state index in [9.17, 15) is 15.0 Å². The molecule has 0 aliphatic carbocycles. The first-order chi connectivity index (χ1) is 10.9. The normalized spacial score (nSPS) is 9.78. The monoisotopic (exact) mass is 380 g/mol. The molecule has 0 amide bonds. The largest absolute Gasteiger partial charge is 0.506 e. The third-order valence-electron chi connectivity index (χ3n) is 3.36. The van der Waals surface area contributed by atoms with Crippen LogP contribution in [0.5, 0.6) is 11.5 Å². The Labute approximate surface area is 144 Å². The van der Waals surface area contributed by atoms with Crippen LogP contribution < -0.4 is 4.74 Å². The highest BCUT2D eigenvalue weighted by molar-refractivity contribution is 9.10. The van der Waals surface area contributed by atoms with Gasteiger partial charge < -0.3 is 14.9 Å². The molecule has 4 nitrogen and oxygen atoms in total. The average molecular weight is 381 g/mol. The van der Waals surface area contributed by atoms with Crippen molar-refractivity contribution in [2.45, 2.75) is 34.3 Å². The first-order valence-corrected chi connectivity index (χ1v) is 8.14. The van der Waals surface area contributed by atoms with Gasteiger partial charge >= 0.3 is 5.97 Å². The molecule has 0 spiro atoms. The molecule has 0 unspecified atom stereocenters. The Bertz CT molecular complexity index is 652. The first kappa shape index (κ1) is 19.0. The van der Waals surface area contributed by atoms with Gasteiger partial charge in [0, 0.05) is 0 Å². The van der Waals surface area contributed by atoms with Gasteiger partial charge in [0.1, 0.15) is 28.1 Å². The van der Waals surface area contributed by atoms with E-state index in [2.05, 4.69) is 15.9 Å². The molecule has 0 atom stereocenters. The van der Waals surface area contributed by atoms with E-state index in [-0.39, 0.29) is 15.8 Å². The van der Waals surface area contributed by atoms with Crippen LogP contribution in [0.2, 0.25) is 0 Å². The van der Waals surface area contributed by atoms with Gasteiger partial charge in [-0.15, -0.1) is 0 Å². The number of ether oxygens (including phenoxy) is 1. The fourth-order valence-electron chi connectivity index (χ4n) is 2.08. The van der Waals surface area contributed by atoms with Crippen molar-refractivity contribution in [2.24, 2.45) is 0 Å². The standard InChI is InChI=1S/C16H15BrO4.C2H6/c1-9-10(2)15(13(17)14(18)12(9)16(19)20)21-8-11-6-4-3-5-7-11;1-2/h3-7,18H,8H2,1-2H3,(H,19,20);1-2H3. The Balaban J connectivity index is 0.00000127. The third-order valence-corrected chi connectivity index (χ3v) is 4.10.